The molecule has 1 amide bonds. The van der Waals surface area contributed by atoms with Gasteiger partial charge in [0.15, 0.2) is 6.61 Å². The van der Waals surface area contributed by atoms with Crippen LogP contribution >= 0.6 is 23.1 Å². The highest BCUT2D eigenvalue weighted by molar-refractivity contribution is 7.10. The first-order valence-corrected chi connectivity index (χ1v) is 7.49. The van der Waals surface area contributed by atoms with Gasteiger partial charge in [-0.2, -0.15) is 4.37 Å². The van der Waals surface area contributed by atoms with E-state index >= 15 is 0 Å². The van der Waals surface area contributed by atoms with Gasteiger partial charge < -0.3 is 15.8 Å². The Labute approximate surface area is 136 Å². The summed E-state index contributed by atoms with van der Waals surface area (Å²) in [5.74, 6) is -1.13. The Bertz CT molecular complexity index is 711. The number of carbonyl (C=O) groups excluding carboxylic acids is 2. The number of esters is 1. The molecule has 0 aliphatic heterocycles. The highest BCUT2D eigenvalue weighted by Crippen LogP contribution is 2.23. The molecule has 0 aliphatic carbocycles. The summed E-state index contributed by atoms with van der Waals surface area (Å²) >= 11 is 6.98. The van der Waals surface area contributed by atoms with Gasteiger partial charge in [0.1, 0.15) is 10.6 Å². The van der Waals surface area contributed by atoms with Gasteiger partial charge in [0.2, 0.25) is 0 Å². The maximum absolute atomic E-state index is 11.9. The number of carbonyl (C=O) groups is 2. The van der Waals surface area contributed by atoms with Gasteiger partial charge in [0.25, 0.3) is 5.91 Å². The number of nitrogen functional groups attached to an aromatic ring is 1. The molecule has 0 bridgehead atoms. The van der Waals surface area contributed by atoms with E-state index in [-0.39, 0.29) is 10.6 Å². The molecule has 2 aromatic rings. The minimum absolute atomic E-state index is 0.205. The molecule has 0 saturated carbocycles. The Hall–Kier alpha value is -2.12. The lowest BCUT2D eigenvalue weighted by molar-refractivity contribution is -0.119. The molecule has 3 N–H and O–H groups in total. The number of hydrogen-bond donors (Lipinski definition) is 2. The summed E-state index contributed by atoms with van der Waals surface area (Å²) in [4.78, 5) is 23.7. The molecular formula is C14H14ClN3O3S. The van der Waals surface area contributed by atoms with Crippen molar-refractivity contribution in [3.05, 3.63) is 40.0 Å². The number of halogens is 1. The Morgan fingerprint density at radius 1 is 1.41 bits per heavy atom. The molecule has 0 saturated heterocycles. The normalized spacial score (nSPS) is 10.3. The topological polar surface area (TPSA) is 94.3 Å². The van der Waals surface area contributed by atoms with Gasteiger partial charge in [-0.25, -0.2) is 4.79 Å². The second-order valence-corrected chi connectivity index (χ2v) is 5.76. The van der Waals surface area contributed by atoms with E-state index in [0.29, 0.717) is 16.4 Å². The van der Waals surface area contributed by atoms with E-state index < -0.39 is 18.5 Å². The zero-order valence-electron chi connectivity index (χ0n) is 12.0. The van der Waals surface area contributed by atoms with E-state index in [1.807, 2.05) is 0 Å². The average molecular weight is 340 g/mol. The number of anilines is 2. The standard InChI is InChI=1S/C14H14ClN3O3S/c1-7-9(15)4-3-5-10(7)17-11(19)6-21-14(20)12-8(2)18-22-13(12)16/h3-5H,6,16H2,1-2H3,(H,17,19). The SMILES string of the molecule is Cc1nsc(N)c1C(=O)OCC(=O)Nc1cccc(Cl)c1C. The first-order valence-electron chi connectivity index (χ1n) is 6.34. The fourth-order valence-corrected chi connectivity index (χ4v) is 2.59. The van der Waals surface area contributed by atoms with Crippen molar-refractivity contribution < 1.29 is 14.3 Å². The smallest absolute Gasteiger partial charge is 0.343 e. The lowest BCUT2D eigenvalue weighted by Gasteiger charge is -2.10. The highest BCUT2D eigenvalue weighted by Gasteiger charge is 2.19. The molecule has 0 unspecified atom stereocenters. The van der Waals surface area contributed by atoms with Gasteiger partial charge in [-0.05, 0) is 43.1 Å². The molecule has 0 radical (unpaired) electrons. The number of benzene rings is 1. The monoisotopic (exact) mass is 339 g/mol. The first-order chi connectivity index (χ1) is 10.4. The number of rotatable bonds is 4. The van der Waals surface area contributed by atoms with Gasteiger partial charge in [0, 0.05) is 10.7 Å². The quantitative estimate of drug-likeness (QED) is 0.835. The van der Waals surface area contributed by atoms with Crippen molar-refractivity contribution in [2.24, 2.45) is 0 Å². The summed E-state index contributed by atoms with van der Waals surface area (Å²) in [5.41, 5.74) is 7.65. The highest BCUT2D eigenvalue weighted by atomic mass is 35.5. The average Bonchev–Trinajstić information content (AvgIpc) is 2.81. The summed E-state index contributed by atoms with van der Waals surface area (Å²) in [5, 5.41) is 3.45. The second-order valence-electron chi connectivity index (χ2n) is 4.54. The van der Waals surface area contributed by atoms with E-state index in [4.69, 9.17) is 22.1 Å². The van der Waals surface area contributed by atoms with Crippen molar-refractivity contribution in [1.82, 2.24) is 4.37 Å². The molecular weight excluding hydrogens is 326 g/mol. The Morgan fingerprint density at radius 3 is 2.77 bits per heavy atom. The molecule has 22 heavy (non-hydrogen) atoms. The fraction of sp³-hybridized carbons (Fsp3) is 0.214. The predicted octanol–water partition coefficient (Wildman–Crippen LogP) is 2.79. The van der Waals surface area contributed by atoms with Crippen molar-refractivity contribution in [1.29, 1.82) is 0 Å². The van der Waals surface area contributed by atoms with Crippen LogP contribution in [0.5, 0.6) is 0 Å². The van der Waals surface area contributed by atoms with Crippen LogP contribution in [0.2, 0.25) is 5.02 Å². The van der Waals surface area contributed by atoms with E-state index in [2.05, 4.69) is 9.69 Å². The van der Waals surface area contributed by atoms with Crippen molar-refractivity contribution in [3.63, 3.8) is 0 Å². The van der Waals surface area contributed by atoms with Crippen LogP contribution in [0.3, 0.4) is 0 Å². The van der Waals surface area contributed by atoms with Crippen molar-refractivity contribution in [2.45, 2.75) is 13.8 Å². The van der Waals surface area contributed by atoms with Crippen molar-refractivity contribution in [2.75, 3.05) is 17.7 Å². The van der Waals surface area contributed by atoms with E-state index in [1.54, 1.807) is 32.0 Å². The lowest BCUT2D eigenvalue weighted by atomic mass is 10.2. The second kappa shape index (κ2) is 6.76. The lowest BCUT2D eigenvalue weighted by Crippen LogP contribution is -2.21. The molecule has 6 nitrogen and oxygen atoms in total. The summed E-state index contributed by atoms with van der Waals surface area (Å²) < 4.78 is 8.91. The van der Waals surface area contributed by atoms with E-state index in [9.17, 15) is 9.59 Å². The molecule has 1 heterocycles. The Morgan fingerprint density at radius 2 is 2.14 bits per heavy atom. The molecule has 2 rings (SSSR count). The van der Waals surface area contributed by atoms with Gasteiger partial charge in [-0.15, -0.1) is 0 Å². The third kappa shape index (κ3) is 3.55. The molecule has 8 heteroatoms. The molecule has 0 spiro atoms. The third-order valence-electron chi connectivity index (χ3n) is 2.97. The number of nitrogens with zero attached hydrogens (tertiary/aromatic N) is 1. The minimum atomic E-state index is -0.665. The Kier molecular flexibility index (Phi) is 4.99. The van der Waals surface area contributed by atoms with Crippen molar-refractivity contribution >= 4 is 45.7 Å². The predicted molar refractivity (Wildman–Crippen MR) is 86.4 cm³/mol. The van der Waals surface area contributed by atoms with E-state index in [0.717, 1.165) is 17.1 Å². The summed E-state index contributed by atoms with van der Waals surface area (Å²) in [7, 11) is 0. The number of nitrogens with one attached hydrogen (secondary N) is 1. The molecule has 1 aromatic heterocycles. The molecule has 0 atom stereocenters. The van der Waals surface area contributed by atoms with E-state index in [1.165, 1.54) is 0 Å². The third-order valence-corrected chi connectivity index (χ3v) is 4.14. The van der Waals surface area contributed by atoms with Gasteiger partial charge in [-0.3, -0.25) is 4.79 Å². The van der Waals surface area contributed by atoms with Gasteiger partial charge in [-0.1, -0.05) is 17.7 Å². The Balaban J connectivity index is 1.96. The van der Waals surface area contributed by atoms with Crippen LogP contribution in [0.25, 0.3) is 0 Å². The number of aromatic nitrogens is 1. The van der Waals surface area contributed by atoms with Gasteiger partial charge >= 0.3 is 5.97 Å². The summed E-state index contributed by atoms with van der Waals surface area (Å²) in [6, 6.07) is 5.16. The zero-order chi connectivity index (χ0) is 16.3. The number of hydrogen-bond acceptors (Lipinski definition) is 6. The fourth-order valence-electron chi connectivity index (χ4n) is 1.77. The molecule has 116 valence electrons. The molecule has 0 fully saturated rings. The van der Waals surface area contributed by atoms with Gasteiger partial charge in [0.05, 0.1) is 5.69 Å². The molecule has 0 aliphatic rings. The zero-order valence-corrected chi connectivity index (χ0v) is 13.5. The molecule has 1 aromatic carbocycles. The minimum Gasteiger partial charge on any atom is -0.452 e. The maximum Gasteiger partial charge on any atom is 0.343 e. The number of amides is 1. The van der Waals surface area contributed by atoms with Crippen LogP contribution < -0.4 is 11.1 Å². The number of aryl methyl sites for hydroxylation is 1. The van der Waals surface area contributed by atoms with Crippen LogP contribution in [-0.2, 0) is 9.53 Å². The number of nitrogens with two attached hydrogens (primary N) is 1. The summed E-state index contributed by atoms with van der Waals surface area (Å²) in [6.45, 7) is 3.02. The van der Waals surface area contributed by atoms with Crippen LogP contribution in [-0.4, -0.2) is 22.9 Å². The van der Waals surface area contributed by atoms with Crippen LogP contribution in [0, 0.1) is 13.8 Å². The van der Waals surface area contributed by atoms with Crippen LogP contribution in [0.4, 0.5) is 10.7 Å². The number of ether oxygens (including phenoxy) is 1. The maximum atomic E-state index is 11.9. The van der Waals surface area contributed by atoms with Crippen LogP contribution in [0.15, 0.2) is 18.2 Å². The van der Waals surface area contributed by atoms with Crippen molar-refractivity contribution in [3.8, 4) is 0 Å². The largest absolute Gasteiger partial charge is 0.452 e. The first kappa shape index (κ1) is 16.3. The summed E-state index contributed by atoms with van der Waals surface area (Å²) in [6.07, 6.45) is 0. The van der Waals surface area contributed by atoms with Crippen LogP contribution in [0.1, 0.15) is 21.6 Å².